The number of thioether (sulfide) groups is 1. The second-order valence-electron chi connectivity index (χ2n) is 8.12. The molecule has 0 aliphatic rings. The monoisotopic (exact) mass is 491 g/mol. The van der Waals surface area contributed by atoms with Crippen LogP contribution in [-0.2, 0) is 11.3 Å². The lowest BCUT2D eigenvalue weighted by Crippen LogP contribution is -2.27. The third-order valence-corrected chi connectivity index (χ3v) is 6.82. The second-order valence-corrected chi connectivity index (χ2v) is 9.58. The summed E-state index contributed by atoms with van der Waals surface area (Å²) in [5, 5.41) is 7.67. The number of para-hydroxylation sites is 1. The molecule has 0 saturated heterocycles. The average Bonchev–Trinajstić information content (AvgIpc) is 3.18. The smallest absolute Gasteiger partial charge is 0.251 e. The number of aromatic nitrogens is 1. The third kappa shape index (κ3) is 5.82. The number of amides is 2. The molecular weight excluding hydrogens is 466 g/mol. The number of rotatable bonds is 8. The first-order valence-corrected chi connectivity index (χ1v) is 12.4. The normalized spacial score (nSPS) is 10.9. The molecule has 7 heteroatoms. The fourth-order valence-corrected chi connectivity index (χ4v) is 4.72. The summed E-state index contributed by atoms with van der Waals surface area (Å²) in [4.78, 5) is 26.0. The maximum atomic E-state index is 12.6. The fourth-order valence-electron chi connectivity index (χ4n) is 3.71. The summed E-state index contributed by atoms with van der Waals surface area (Å²) in [5.74, 6) is 0.144. The number of benzene rings is 3. The van der Waals surface area contributed by atoms with E-state index in [9.17, 15) is 9.59 Å². The van der Waals surface area contributed by atoms with Crippen LogP contribution in [0.1, 0.15) is 21.5 Å². The number of hydrogen-bond donors (Lipinski definition) is 2. The van der Waals surface area contributed by atoms with Gasteiger partial charge in [0.1, 0.15) is 0 Å². The summed E-state index contributed by atoms with van der Waals surface area (Å²) < 4.78 is 2.11. The standard InChI is InChI=1S/C27H26ClN3O2S/c1-18-7-8-19(2)23(15-18)30-26(32)17-34-25-16-31(24-6-4-3-5-22(24)25)14-13-29-27(33)20-9-11-21(28)12-10-20/h3-12,15-16H,13-14,17H2,1-2H3,(H,29,33)(H,30,32). The predicted octanol–water partition coefficient (Wildman–Crippen LogP) is 6.07. The van der Waals surface area contributed by atoms with Crippen LogP contribution >= 0.6 is 23.4 Å². The molecule has 4 aromatic rings. The zero-order valence-corrected chi connectivity index (χ0v) is 20.7. The summed E-state index contributed by atoms with van der Waals surface area (Å²) in [6.45, 7) is 5.10. The van der Waals surface area contributed by atoms with Gasteiger partial charge in [0.15, 0.2) is 0 Å². The number of nitrogens with one attached hydrogen (secondary N) is 2. The number of fused-ring (bicyclic) bond motifs is 1. The first-order valence-electron chi connectivity index (χ1n) is 11.0. The molecule has 4 rings (SSSR count). The van der Waals surface area contributed by atoms with Crippen molar-refractivity contribution in [3.63, 3.8) is 0 Å². The van der Waals surface area contributed by atoms with Gasteiger partial charge in [-0.3, -0.25) is 9.59 Å². The number of carbonyl (C=O) groups is 2. The molecule has 5 nitrogen and oxygen atoms in total. The van der Waals surface area contributed by atoms with Crippen molar-refractivity contribution >= 4 is 51.8 Å². The predicted molar refractivity (Wildman–Crippen MR) is 141 cm³/mol. The minimum atomic E-state index is -0.133. The van der Waals surface area contributed by atoms with Crippen molar-refractivity contribution < 1.29 is 9.59 Å². The molecule has 0 fully saturated rings. The molecule has 1 aromatic heterocycles. The highest BCUT2D eigenvalue weighted by molar-refractivity contribution is 8.00. The van der Waals surface area contributed by atoms with E-state index in [0.717, 1.165) is 32.6 Å². The van der Waals surface area contributed by atoms with E-state index in [-0.39, 0.29) is 11.8 Å². The first-order chi connectivity index (χ1) is 16.4. The Morgan fingerprint density at radius 1 is 1.00 bits per heavy atom. The topological polar surface area (TPSA) is 63.1 Å². The maximum absolute atomic E-state index is 12.6. The van der Waals surface area contributed by atoms with Gasteiger partial charge in [-0.25, -0.2) is 0 Å². The van der Waals surface area contributed by atoms with Crippen molar-refractivity contribution in [3.05, 3.63) is 94.6 Å². The van der Waals surface area contributed by atoms with E-state index >= 15 is 0 Å². The van der Waals surface area contributed by atoms with Crippen LogP contribution < -0.4 is 10.6 Å². The summed E-state index contributed by atoms with van der Waals surface area (Å²) in [7, 11) is 0. The summed E-state index contributed by atoms with van der Waals surface area (Å²) >= 11 is 7.41. The Balaban J connectivity index is 1.39. The van der Waals surface area contributed by atoms with E-state index in [1.165, 1.54) is 11.8 Å². The van der Waals surface area contributed by atoms with E-state index in [0.29, 0.717) is 29.4 Å². The van der Waals surface area contributed by atoms with E-state index in [2.05, 4.69) is 33.5 Å². The number of carbonyl (C=O) groups excluding carboxylic acids is 2. The average molecular weight is 492 g/mol. The lowest BCUT2D eigenvalue weighted by molar-refractivity contribution is -0.113. The van der Waals surface area contributed by atoms with Crippen molar-refractivity contribution in [3.8, 4) is 0 Å². The highest BCUT2D eigenvalue weighted by Crippen LogP contribution is 2.30. The van der Waals surface area contributed by atoms with E-state index in [1.54, 1.807) is 24.3 Å². The Labute approximate surface area is 208 Å². The fraction of sp³-hybridized carbons (Fsp3) is 0.185. The van der Waals surface area contributed by atoms with Crippen LogP contribution in [0.5, 0.6) is 0 Å². The van der Waals surface area contributed by atoms with Crippen molar-refractivity contribution in [2.24, 2.45) is 0 Å². The molecule has 1 heterocycles. The van der Waals surface area contributed by atoms with Gasteiger partial charge in [0, 0.05) is 51.4 Å². The SMILES string of the molecule is Cc1ccc(C)c(NC(=O)CSc2cn(CCNC(=O)c3ccc(Cl)cc3)c3ccccc23)c1. The largest absolute Gasteiger partial charge is 0.350 e. The number of aryl methyl sites for hydroxylation is 2. The van der Waals surface area contributed by atoms with Crippen molar-refractivity contribution in [2.75, 3.05) is 17.6 Å². The van der Waals surface area contributed by atoms with Crippen LogP contribution in [0.25, 0.3) is 10.9 Å². The van der Waals surface area contributed by atoms with E-state index in [4.69, 9.17) is 11.6 Å². The molecule has 2 N–H and O–H groups in total. The highest BCUT2D eigenvalue weighted by Gasteiger charge is 2.12. The molecular formula is C27H26ClN3O2S. The van der Waals surface area contributed by atoms with E-state index in [1.807, 2.05) is 44.2 Å². The summed E-state index contributed by atoms with van der Waals surface area (Å²) in [6, 6.07) is 21.0. The number of halogens is 1. The maximum Gasteiger partial charge on any atom is 0.251 e. The second kappa shape index (κ2) is 10.8. The van der Waals surface area contributed by atoms with Gasteiger partial charge >= 0.3 is 0 Å². The Morgan fingerprint density at radius 2 is 1.76 bits per heavy atom. The molecule has 3 aromatic carbocycles. The van der Waals surface area contributed by atoms with Crippen LogP contribution in [0.4, 0.5) is 5.69 Å². The molecule has 0 spiro atoms. The lowest BCUT2D eigenvalue weighted by atomic mass is 10.1. The minimum Gasteiger partial charge on any atom is -0.350 e. The van der Waals surface area contributed by atoms with Gasteiger partial charge in [-0.05, 0) is 61.4 Å². The Bertz CT molecular complexity index is 1330. The van der Waals surface area contributed by atoms with Gasteiger partial charge in [0.25, 0.3) is 5.91 Å². The molecule has 2 amide bonds. The van der Waals surface area contributed by atoms with Gasteiger partial charge in [-0.2, -0.15) is 0 Å². The quantitative estimate of drug-likeness (QED) is 0.294. The molecule has 0 aliphatic carbocycles. The Morgan fingerprint density at radius 3 is 2.56 bits per heavy atom. The Kier molecular flexibility index (Phi) is 7.60. The van der Waals surface area contributed by atoms with Gasteiger partial charge in [-0.15, -0.1) is 11.8 Å². The molecule has 0 radical (unpaired) electrons. The van der Waals surface area contributed by atoms with Crippen LogP contribution in [0.2, 0.25) is 5.02 Å². The number of hydrogen-bond acceptors (Lipinski definition) is 3. The van der Waals surface area contributed by atoms with Gasteiger partial charge in [0.05, 0.1) is 5.75 Å². The third-order valence-electron chi connectivity index (χ3n) is 5.52. The van der Waals surface area contributed by atoms with Crippen molar-refractivity contribution in [1.29, 1.82) is 0 Å². The zero-order chi connectivity index (χ0) is 24.1. The molecule has 0 unspecified atom stereocenters. The molecule has 0 aliphatic heterocycles. The van der Waals surface area contributed by atoms with E-state index < -0.39 is 0 Å². The molecule has 0 atom stereocenters. The van der Waals surface area contributed by atoms with Crippen LogP contribution in [-0.4, -0.2) is 28.7 Å². The zero-order valence-electron chi connectivity index (χ0n) is 19.1. The minimum absolute atomic E-state index is 0.0363. The van der Waals surface area contributed by atoms with Gasteiger partial charge < -0.3 is 15.2 Å². The van der Waals surface area contributed by atoms with Crippen LogP contribution in [0.3, 0.4) is 0 Å². The number of anilines is 1. The molecule has 0 saturated carbocycles. The molecule has 174 valence electrons. The highest BCUT2D eigenvalue weighted by atomic mass is 35.5. The molecule has 34 heavy (non-hydrogen) atoms. The van der Waals surface area contributed by atoms with Gasteiger partial charge in [-0.1, -0.05) is 41.9 Å². The molecule has 0 bridgehead atoms. The van der Waals surface area contributed by atoms with Crippen LogP contribution in [0.15, 0.2) is 77.8 Å². The summed E-state index contributed by atoms with van der Waals surface area (Å²) in [6.07, 6.45) is 2.05. The van der Waals surface area contributed by atoms with Crippen molar-refractivity contribution in [1.82, 2.24) is 9.88 Å². The van der Waals surface area contributed by atoms with Crippen LogP contribution in [0, 0.1) is 13.8 Å². The first kappa shape index (κ1) is 23.9. The lowest BCUT2D eigenvalue weighted by Gasteiger charge is -2.09. The number of nitrogens with zero attached hydrogens (tertiary/aromatic N) is 1. The van der Waals surface area contributed by atoms with Crippen molar-refractivity contribution in [2.45, 2.75) is 25.3 Å². The summed E-state index contributed by atoms with van der Waals surface area (Å²) in [5.41, 5.74) is 4.65. The Hall–Kier alpha value is -3.22. The van der Waals surface area contributed by atoms with Gasteiger partial charge in [0.2, 0.25) is 5.91 Å².